The number of amides is 1. The molecule has 4 heteroatoms. The van der Waals surface area contributed by atoms with Crippen LogP contribution in [0.2, 0.25) is 0 Å². The molecule has 1 heterocycles. The summed E-state index contributed by atoms with van der Waals surface area (Å²) in [5, 5.41) is 2.80. The predicted octanol–water partition coefficient (Wildman–Crippen LogP) is 2.39. The smallest absolute Gasteiger partial charge is 0.245 e. The van der Waals surface area contributed by atoms with Crippen LogP contribution in [0.4, 0.5) is 5.69 Å². The highest BCUT2D eigenvalue weighted by Gasteiger charge is 2.26. The van der Waals surface area contributed by atoms with Crippen molar-refractivity contribution in [3.05, 3.63) is 23.8 Å². The molecular formula is C12H16N2OS. The van der Waals surface area contributed by atoms with Gasteiger partial charge in [0.15, 0.2) is 0 Å². The molecule has 0 saturated heterocycles. The van der Waals surface area contributed by atoms with E-state index in [1.54, 1.807) is 11.8 Å². The van der Waals surface area contributed by atoms with E-state index in [2.05, 4.69) is 19.2 Å². The van der Waals surface area contributed by atoms with Crippen molar-refractivity contribution in [2.24, 2.45) is 11.7 Å². The van der Waals surface area contributed by atoms with Gasteiger partial charge in [-0.2, -0.15) is 0 Å². The molecule has 3 N–H and O–H groups in total. The first-order valence-corrected chi connectivity index (χ1v) is 6.39. The molecule has 0 saturated carbocycles. The molecule has 0 bridgehead atoms. The van der Waals surface area contributed by atoms with Crippen LogP contribution in [0, 0.1) is 5.92 Å². The monoisotopic (exact) mass is 236 g/mol. The van der Waals surface area contributed by atoms with Gasteiger partial charge in [0, 0.05) is 21.9 Å². The summed E-state index contributed by atoms with van der Waals surface area (Å²) >= 11 is 1.80. The molecule has 0 spiro atoms. The Labute approximate surface area is 99.8 Å². The van der Waals surface area contributed by atoms with Gasteiger partial charge < -0.3 is 11.1 Å². The van der Waals surface area contributed by atoms with E-state index in [0.717, 1.165) is 17.0 Å². The van der Waals surface area contributed by atoms with E-state index >= 15 is 0 Å². The van der Waals surface area contributed by atoms with Gasteiger partial charge in [-0.25, -0.2) is 0 Å². The summed E-state index contributed by atoms with van der Waals surface area (Å²) in [7, 11) is 0. The molecule has 0 fully saturated rings. The quantitative estimate of drug-likeness (QED) is 0.792. The van der Waals surface area contributed by atoms with E-state index in [-0.39, 0.29) is 5.91 Å². The fourth-order valence-corrected chi connectivity index (χ4v) is 2.51. The Morgan fingerprint density at radius 3 is 2.94 bits per heavy atom. The number of anilines is 1. The summed E-state index contributed by atoms with van der Waals surface area (Å²) in [5.41, 5.74) is 7.51. The highest BCUT2D eigenvalue weighted by molar-refractivity contribution is 7.99. The van der Waals surface area contributed by atoms with E-state index in [4.69, 9.17) is 5.73 Å². The number of nitrogens with two attached hydrogens (primary N) is 1. The lowest BCUT2D eigenvalue weighted by Crippen LogP contribution is -2.19. The molecular weight excluding hydrogens is 220 g/mol. The molecule has 1 aromatic rings. The molecule has 0 aromatic heterocycles. The van der Waals surface area contributed by atoms with Crippen molar-refractivity contribution in [3.8, 4) is 0 Å². The van der Waals surface area contributed by atoms with Crippen molar-refractivity contribution < 1.29 is 4.79 Å². The van der Waals surface area contributed by atoms with E-state index < -0.39 is 6.04 Å². The van der Waals surface area contributed by atoms with Gasteiger partial charge in [0.25, 0.3) is 0 Å². The fourth-order valence-electron chi connectivity index (χ4n) is 1.62. The number of fused-ring (bicyclic) bond motifs is 1. The molecule has 1 aliphatic rings. The van der Waals surface area contributed by atoms with E-state index in [9.17, 15) is 4.79 Å². The first-order chi connectivity index (χ1) is 7.58. The van der Waals surface area contributed by atoms with Crippen molar-refractivity contribution in [1.29, 1.82) is 0 Å². The van der Waals surface area contributed by atoms with Gasteiger partial charge in [-0.15, -0.1) is 11.8 Å². The number of benzene rings is 1. The molecule has 0 aliphatic carbocycles. The van der Waals surface area contributed by atoms with Crippen LogP contribution in [-0.4, -0.2) is 11.7 Å². The van der Waals surface area contributed by atoms with Crippen LogP contribution < -0.4 is 11.1 Å². The van der Waals surface area contributed by atoms with Crippen LogP contribution in [0.3, 0.4) is 0 Å². The van der Waals surface area contributed by atoms with Crippen LogP contribution in [0.5, 0.6) is 0 Å². The Bertz CT molecular complexity index is 417. The summed E-state index contributed by atoms with van der Waals surface area (Å²) in [4.78, 5) is 12.5. The average Bonchev–Trinajstić information content (AvgIpc) is 2.52. The summed E-state index contributed by atoms with van der Waals surface area (Å²) in [6.07, 6.45) is 0. The molecule has 16 heavy (non-hydrogen) atoms. The standard InChI is InChI=1S/C12H16N2OS/c1-7(2)6-16-8-3-4-9-10(5-8)14-12(15)11(9)13/h3-5,7,11H,6,13H2,1-2H3,(H,14,15). The minimum absolute atomic E-state index is 0.110. The van der Waals surface area contributed by atoms with Crippen LogP contribution in [0.1, 0.15) is 25.5 Å². The maximum Gasteiger partial charge on any atom is 0.245 e. The second kappa shape index (κ2) is 4.47. The second-order valence-corrected chi connectivity index (χ2v) is 5.51. The van der Waals surface area contributed by atoms with Crippen LogP contribution in [0.25, 0.3) is 0 Å². The zero-order valence-electron chi connectivity index (χ0n) is 9.49. The van der Waals surface area contributed by atoms with Gasteiger partial charge in [0.05, 0.1) is 0 Å². The Hall–Kier alpha value is -1.00. The highest BCUT2D eigenvalue weighted by Crippen LogP contribution is 2.33. The Kier molecular flexibility index (Phi) is 3.21. The third-order valence-electron chi connectivity index (χ3n) is 2.48. The van der Waals surface area contributed by atoms with Crippen molar-refractivity contribution in [3.63, 3.8) is 0 Å². The Balaban J connectivity index is 2.15. The fraction of sp³-hybridized carbons (Fsp3) is 0.417. The third kappa shape index (κ3) is 2.23. The molecule has 2 rings (SSSR count). The summed E-state index contributed by atoms with van der Waals surface area (Å²) in [6, 6.07) is 5.49. The minimum Gasteiger partial charge on any atom is -0.324 e. The molecule has 1 aromatic carbocycles. The molecule has 1 aliphatic heterocycles. The molecule has 1 atom stereocenters. The molecule has 1 unspecified atom stereocenters. The lowest BCUT2D eigenvalue weighted by Gasteiger charge is -2.06. The normalized spacial score (nSPS) is 18.8. The van der Waals surface area contributed by atoms with Gasteiger partial charge in [-0.1, -0.05) is 19.9 Å². The number of rotatable bonds is 3. The SMILES string of the molecule is CC(C)CSc1ccc2c(c1)NC(=O)C2N. The summed E-state index contributed by atoms with van der Waals surface area (Å²) < 4.78 is 0. The van der Waals surface area contributed by atoms with E-state index in [1.165, 1.54) is 4.90 Å². The van der Waals surface area contributed by atoms with E-state index in [0.29, 0.717) is 5.92 Å². The number of carbonyl (C=O) groups is 1. The minimum atomic E-state index is -0.501. The second-order valence-electron chi connectivity index (χ2n) is 4.42. The van der Waals surface area contributed by atoms with Gasteiger partial charge in [-0.3, -0.25) is 4.79 Å². The van der Waals surface area contributed by atoms with Gasteiger partial charge in [0.1, 0.15) is 6.04 Å². The zero-order chi connectivity index (χ0) is 11.7. The first-order valence-electron chi connectivity index (χ1n) is 5.41. The Morgan fingerprint density at radius 1 is 1.50 bits per heavy atom. The largest absolute Gasteiger partial charge is 0.324 e. The summed E-state index contributed by atoms with van der Waals surface area (Å²) in [5.74, 6) is 1.63. The third-order valence-corrected chi connectivity index (χ3v) is 3.90. The molecule has 1 amide bonds. The van der Waals surface area contributed by atoms with Crippen molar-refractivity contribution in [2.75, 3.05) is 11.1 Å². The maximum absolute atomic E-state index is 11.4. The lowest BCUT2D eigenvalue weighted by molar-refractivity contribution is -0.116. The van der Waals surface area contributed by atoms with Crippen molar-refractivity contribution in [1.82, 2.24) is 0 Å². The van der Waals surface area contributed by atoms with E-state index in [1.807, 2.05) is 18.2 Å². The number of carbonyl (C=O) groups excluding carboxylic acids is 1. The van der Waals surface area contributed by atoms with Crippen molar-refractivity contribution >= 4 is 23.4 Å². The number of hydrogen-bond acceptors (Lipinski definition) is 3. The number of nitrogens with one attached hydrogen (secondary N) is 1. The van der Waals surface area contributed by atoms with Crippen LogP contribution in [0.15, 0.2) is 23.1 Å². The van der Waals surface area contributed by atoms with Gasteiger partial charge in [0.2, 0.25) is 5.91 Å². The molecule has 3 nitrogen and oxygen atoms in total. The highest BCUT2D eigenvalue weighted by atomic mass is 32.2. The van der Waals surface area contributed by atoms with Gasteiger partial charge >= 0.3 is 0 Å². The lowest BCUT2D eigenvalue weighted by atomic mass is 10.1. The average molecular weight is 236 g/mol. The number of hydrogen-bond donors (Lipinski definition) is 2. The van der Waals surface area contributed by atoms with Crippen LogP contribution in [-0.2, 0) is 4.79 Å². The maximum atomic E-state index is 11.4. The van der Waals surface area contributed by atoms with Crippen molar-refractivity contribution in [2.45, 2.75) is 24.8 Å². The summed E-state index contributed by atoms with van der Waals surface area (Å²) in [6.45, 7) is 4.39. The molecule has 86 valence electrons. The number of thioether (sulfide) groups is 1. The molecule has 0 radical (unpaired) electrons. The predicted molar refractivity (Wildman–Crippen MR) is 67.6 cm³/mol. The Morgan fingerprint density at radius 2 is 2.25 bits per heavy atom. The van der Waals surface area contributed by atoms with Gasteiger partial charge in [-0.05, 0) is 18.1 Å². The van der Waals surface area contributed by atoms with Crippen LogP contribution >= 0.6 is 11.8 Å². The first kappa shape index (κ1) is 11.5. The zero-order valence-corrected chi connectivity index (χ0v) is 10.3. The topological polar surface area (TPSA) is 55.1 Å².